The Labute approximate surface area is 148 Å². The molecule has 9 heteroatoms. The highest BCUT2D eigenvalue weighted by Gasteiger charge is 2.17. The normalized spacial score (nSPS) is 10.6. The van der Waals surface area contributed by atoms with Crippen LogP contribution >= 0.6 is 35.2 Å². The summed E-state index contributed by atoms with van der Waals surface area (Å²) in [6.07, 6.45) is 1.53. The van der Waals surface area contributed by atoms with E-state index in [1.54, 1.807) is 36.7 Å². The Morgan fingerprint density at radius 3 is 2.96 bits per heavy atom. The van der Waals surface area contributed by atoms with Crippen molar-refractivity contribution < 1.29 is 4.79 Å². The third-order valence-corrected chi connectivity index (χ3v) is 4.05. The van der Waals surface area contributed by atoms with Gasteiger partial charge in [-0.3, -0.25) is 15.1 Å². The molecule has 0 spiro atoms. The molecule has 120 valence electrons. The van der Waals surface area contributed by atoms with Crippen LogP contribution in [0.4, 0.5) is 10.8 Å². The van der Waals surface area contributed by atoms with E-state index >= 15 is 0 Å². The van der Waals surface area contributed by atoms with Gasteiger partial charge in [0.05, 0.1) is 17.6 Å². The molecule has 0 aliphatic rings. The second-order valence-electron chi connectivity index (χ2n) is 4.34. The van der Waals surface area contributed by atoms with E-state index in [1.165, 1.54) is 29.4 Å². The Kier molecular flexibility index (Phi) is 6.03. The number of nitrogens with one attached hydrogen (secondary N) is 2. The van der Waals surface area contributed by atoms with E-state index in [0.29, 0.717) is 26.6 Å². The molecular formula is C14H14ClN5OS2. The fourth-order valence-corrected chi connectivity index (χ4v) is 2.77. The number of hydrazone groups is 1. The summed E-state index contributed by atoms with van der Waals surface area (Å²) >= 11 is 12.2. The smallest absolute Gasteiger partial charge is 0.230 e. The molecule has 0 atom stereocenters. The van der Waals surface area contributed by atoms with E-state index in [1.807, 2.05) is 0 Å². The maximum Gasteiger partial charge on any atom is 0.230 e. The summed E-state index contributed by atoms with van der Waals surface area (Å²) in [6, 6.07) is 7.05. The number of nitrogens with zero attached hydrogens (tertiary/aromatic N) is 3. The van der Waals surface area contributed by atoms with Gasteiger partial charge in [0.15, 0.2) is 10.2 Å². The zero-order valence-corrected chi connectivity index (χ0v) is 14.8. The lowest BCUT2D eigenvalue weighted by molar-refractivity contribution is -0.115. The fourth-order valence-electron chi connectivity index (χ4n) is 1.69. The highest BCUT2D eigenvalue weighted by atomic mass is 35.5. The number of carbonyl (C=O) groups excluding carboxylic acids is 1. The summed E-state index contributed by atoms with van der Waals surface area (Å²) in [5, 5.41) is 9.99. The first-order valence-electron chi connectivity index (χ1n) is 6.54. The molecule has 0 fully saturated rings. The van der Waals surface area contributed by atoms with E-state index in [0.717, 1.165) is 0 Å². The topological polar surface area (TPSA) is 69.6 Å². The molecule has 2 aromatic rings. The summed E-state index contributed by atoms with van der Waals surface area (Å²) in [4.78, 5) is 17.9. The van der Waals surface area contributed by atoms with E-state index in [9.17, 15) is 4.79 Å². The molecule has 0 radical (unpaired) electrons. The minimum atomic E-state index is -0.153. The van der Waals surface area contributed by atoms with Gasteiger partial charge in [-0.15, -0.1) is 11.3 Å². The van der Waals surface area contributed by atoms with Crippen molar-refractivity contribution in [2.45, 2.75) is 6.92 Å². The van der Waals surface area contributed by atoms with Gasteiger partial charge < -0.3 is 5.32 Å². The number of carbonyl (C=O) groups is 1. The van der Waals surface area contributed by atoms with Gasteiger partial charge in [-0.05, 0) is 30.4 Å². The number of thiazole rings is 1. The van der Waals surface area contributed by atoms with Crippen LogP contribution in [0.15, 0.2) is 34.7 Å². The van der Waals surface area contributed by atoms with Crippen molar-refractivity contribution >= 4 is 63.2 Å². The first-order valence-corrected chi connectivity index (χ1v) is 8.20. The number of rotatable bonds is 4. The zero-order valence-electron chi connectivity index (χ0n) is 12.4. The van der Waals surface area contributed by atoms with Gasteiger partial charge in [0.25, 0.3) is 0 Å². The molecule has 1 amide bonds. The number of halogens is 1. The summed E-state index contributed by atoms with van der Waals surface area (Å²) in [5.41, 5.74) is 3.92. The molecule has 0 bridgehead atoms. The second-order valence-corrected chi connectivity index (χ2v) is 6.02. The Balaban J connectivity index is 2.22. The maximum atomic E-state index is 12.0. The van der Waals surface area contributed by atoms with Crippen LogP contribution in [-0.4, -0.2) is 29.3 Å². The number of amides is 1. The van der Waals surface area contributed by atoms with Crippen LogP contribution < -0.4 is 15.6 Å². The number of aromatic nitrogens is 1. The number of thiocarbonyl (C=S) groups is 1. The molecular weight excluding hydrogens is 354 g/mol. The Hall–Kier alpha value is -2.03. The molecule has 2 N–H and O–H groups in total. The summed E-state index contributed by atoms with van der Waals surface area (Å²) in [7, 11) is 1.70. The predicted octanol–water partition coefficient (Wildman–Crippen LogP) is 2.91. The van der Waals surface area contributed by atoms with E-state index in [-0.39, 0.29) is 5.91 Å². The molecule has 1 aromatic carbocycles. The Morgan fingerprint density at radius 2 is 2.30 bits per heavy atom. The van der Waals surface area contributed by atoms with Gasteiger partial charge in [0, 0.05) is 24.4 Å². The van der Waals surface area contributed by atoms with Crippen molar-refractivity contribution in [3.05, 3.63) is 40.4 Å². The largest absolute Gasteiger partial charge is 0.364 e. The maximum absolute atomic E-state index is 12.0. The van der Waals surface area contributed by atoms with Crippen molar-refractivity contribution in [2.75, 3.05) is 11.9 Å². The lowest BCUT2D eigenvalue weighted by Crippen LogP contribution is -2.28. The number of hydrogen-bond donors (Lipinski definition) is 2. The Morgan fingerprint density at radius 1 is 1.52 bits per heavy atom. The van der Waals surface area contributed by atoms with Crippen LogP contribution in [0.5, 0.6) is 0 Å². The van der Waals surface area contributed by atoms with Gasteiger partial charge >= 0.3 is 0 Å². The molecule has 2 rings (SSSR count). The van der Waals surface area contributed by atoms with Crippen molar-refractivity contribution in [2.24, 2.45) is 5.10 Å². The van der Waals surface area contributed by atoms with Crippen LogP contribution in [0.2, 0.25) is 5.02 Å². The van der Waals surface area contributed by atoms with Crippen LogP contribution in [-0.2, 0) is 4.79 Å². The van der Waals surface area contributed by atoms with E-state index in [2.05, 4.69) is 20.8 Å². The molecule has 0 aliphatic heterocycles. The SMILES string of the molecule is CNC(=S)N/N=C\c1csc(N(C(C)=O)c2cccc(Cl)c2)n1. The minimum absolute atomic E-state index is 0.153. The third-order valence-electron chi connectivity index (χ3n) is 2.67. The van der Waals surface area contributed by atoms with Gasteiger partial charge in [-0.25, -0.2) is 4.98 Å². The van der Waals surface area contributed by atoms with Crippen LogP contribution in [0.1, 0.15) is 12.6 Å². The molecule has 23 heavy (non-hydrogen) atoms. The summed E-state index contributed by atoms with van der Waals surface area (Å²) in [5.74, 6) is -0.153. The lowest BCUT2D eigenvalue weighted by atomic mass is 10.3. The summed E-state index contributed by atoms with van der Waals surface area (Å²) in [6.45, 7) is 1.48. The molecule has 1 aromatic heterocycles. The highest BCUT2D eigenvalue weighted by molar-refractivity contribution is 7.80. The lowest BCUT2D eigenvalue weighted by Gasteiger charge is -2.18. The van der Waals surface area contributed by atoms with Crippen molar-refractivity contribution in [3.63, 3.8) is 0 Å². The van der Waals surface area contributed by atoms with Crippen LogP contribution in [0.25, 0.3) is 0 Å². The van der Waals surface area contributed by atoms with Crippen LogP contribution in [0, 0.1) is 0 Å². The Bertz CT molecular complexity index is 746. The fraction of sp³-hybridized carbons (Fsp3) is 0.143. The van der Waals surface area contributed by atoms with Crippen molar-refractivity contribution in [1.29, 1.82) is 0 Å². The average molecular weight is 368 g/mol. The summed E-state index contributed by atoms with van der Waals surface area (Å²) < 4.78 is 0. The monoisotopic (exact) mass is 367 g/mol. The van der Waals surface area contributed by atoms with Crippen molar-refractivity contribution in [3.8, 4) is 0 Å². The number of hydrogen-bond acceptors (Lipinski definition) is 5. The van der Waals surface area contributed by atoms with Crippen LogP contribution in [0.3, 0.4) is 0 Å². The predicted molar refractivity (Wildman–Crippen MR) is 98.8 cm³/mol. The standard InChI is InChI=1S/C14H14ClN5OS2/c1-9(21)20(12-5-3-4-10(15)6-12)14-18-11(8-23-14)7-17-19-13(22)16-2/h3-8H,1-2H3,(H2,16,19,22)/b17-7-. The van der Waals surface area contributed by atoms with Gasteiger partial charge in [-0.2, -0.15) is 5.10 Å². The van der Waals surface area contributed by atoms with E-state index < -0.39 is 0 Å². The quantitative estimate of drug-likeness (QED) is 0.494. The molecule has 0 saturated heterocycles. The minimum Gasteiger partial charge on any atom is -0.364 e. The number of anilines is 2. The van der Waals surface area contributed by atoms with E-state index in [4.69, 9.17) is 23.8 Å². The van der Waals surface area contributed by atoms with Gasteiger partial charge in [0.2, 0.25) is 5.91 Å². The average Bonchev–Trinajstić information content (AvgIpc) is 2.95. The van der Waals surface area contributed by atoms with Gasteiger partial charge in [-0.1, -0.05) is 17.7 Å². The first-order chi connectivity index (χ1) is 11.0. The number of benzene rings is 1. The van der Waals surface area contributed by atoms with Crippen molar-refractivity contribution in [1.82, 2.24) is 15.7 Å². The molecule has 0 aliphatic carbocycles. The van der Waals surface area contributed by atoms with Gasteiger partial charge in [0.1, 0.15) is 0 Å². The molecule has 0 saturated carbocycles. The third kappa shape index (κ3) is 4.72. The second kappa shape index (κ2) is 8.00. The highest BCUT2D eigenvalue weighted by Crippen LogP contribution is 2.30. The molecule has 0 unspecified atom stereocenters. The molecule has 1 heterocycles. The first kappa shape index (κ1) is 17.3. The molecule has 6 nitrogen and oxygen atoms in total. The zero-order chi connectivity index (χ0) is 16.8.